The van der Waals surface area contributed by atoms with Crippen molar-refractivity contribution in [1.29, 1.82) is 0 Å². The van der Waals surface area contributed by atoms with Gasteiger partial charge in [-0.2, -0.15) is 0 Å². The molecule has 2 aromatic carbocycles. The van der Waals surface area contributed by atoms with Crippen molar-refractivity contribution in [2.45, 2.75) is 32.5 Å². The van der Waals surface area contributed by atoms with Crippen molar-refractivity contribution in [2.75, 3.05) is 18.5 Å². The first-order valence-corrected chi connectivity index (χ1v) is 11.5. The number of nitrogens with one attached hydrogen (secondary N) is 1. The second-order valence-electron chi connectivity index (χ2n) is 7.51. The molecule has 1 N–H and O–H groups in total. The van der Waals surface area contributed by atoms with E-state index in [0.29, 0.717) is 18.9 Å². The Morgan fingerprint density at radius 3 is 2.59 bits per heavy atom. The summed E-state index contributed by atoms with van der Waals surface area (Å²) in [6.45, 7) is 3.79. The molecule has 1 amide bonds. The Kier molecular flexibility index (Phi) is 7.53. The summed E-state index contributed by atoms with van der Waals surface area (Å²) in [5.41, 5.74) is 2.55. The molecule has 3 aromatic rings. The number of benzene rings is 2. The standard InChI is InChI=1S/C25H26N2O4S/c1-18-26-21(17-32-18)15-30-22-9-4-19(5-10-22)6-13-25(28)27-20-7-11-23(12-8-20)31-16-24-3-2-14-29-24/h4-13,17,24H,2-3,14-16H2,1H3,(H,27,28)/b13-6+. The summed E-state index contributed by atoms with van der Waals surface area (Å²) in [5, 5.41) is 5.88. The molecule has 4 rings (SSSR count). The molecule has 0 bridgehead atoms. The van der Waals surface area contributed by atoms with Crippen LogP contribution in [0, 0.1) is 6.92 Å². The van der Waals surface area contributed by atoms with E-state index in [4.69, 9.17) is 14.2 Å². The van der Waals surface area contributed by atoms with Gasteiger partial charge in [0, 0.05) is 23.8 Å². The van der Waals surface area contributed by atoms with Crippen molar-refractivity contribution in [3.05, 3.63) is 76.3 Å². The molecule has 7 heteroatoms. The zero-order chi connectivity index (χ0) is 22.2. The summed E-state index contributed by atoms with van der Waals surface area (Å²) in [6.07, 6.45) is 5.60. The van der Waals surface area contributed by atoms with E-state index in [0.717, 1.165) is 47.2 Å². The van der Waals surface area contributed by atoms with Crippen molar-refractivity contribution >= 4 is 29.0 Å². The lowest BCUT2D eigenvalue weighted by Crippen LogP contribution is -2.16. The van der Waals surface area contributed by atoms with Crippen molar-refractivity contribution in [1.82, 2.24) is 4.98 Å². The molecule has 1 unspecified atom stereocenters. The second kappa shape index (κ2) is 10.9. The number of rotatable bonds is 9. The number of carbonyl (C=O) groups excluding carboxylic acids is 1. The molecule has 2 heterocycles. The van der Waals surface area contributed by atoms with Crippen molar-refractivity contribution in [2.24, 2.45) is 0 Å². The van der Waals surface area contributed by atoms with E-state index < -0.39 is 0 Å². The molecule has 1 aliphatic heterocycles. The molecule has 1 aliphatic rings. The van der Waals surface area contributed by atoms with Crippen molar-refractivity contribution < 1.29 is 19.0 Å². The maximum absolute atomic E-state index is 12.2. The van der Waals surface area contributed by atoms with Gasteiger partial charge < -0.3 is 19.5 Å². The Morgan fingerprint density at radius 1 is 1.16 bits per heavy atom. The zero-order valence-electron chi connectivity index (χ0n) is 18.0. The van der Waals surface area contributed by atoms with Crippen molar-refractivity contribution in [3.63, 3.8) is 0 Å². The third-order valence-corrected chi connectivity index (χ3v) is 5.76. The molecule has 0 spiro atoms. The minimum atomic E-state index is -0.197. The summed E-state index contributed by atoms with van der Waals surface area (Å²) in [7, 11) is 0. The van der Waals surface area contributed by atoms with E-state index >= 15 is 0 Å². The van der Waals surface area contributed by atoms with E-state index in [-0.39, 0.29) is 12.0 Å². The monoisotopic (exact) mass is 450 g/mol. The number of hydrogen-bond donors (Lipinski definition) is 1. The van der Waals surface area contributed by atoms with Crippen LogP contribution in [0.15, 0.2) is 60.0 Å². The number of aromatic nitrogens is 1. The number of aryl methyl sites for hydroxylation is 1. The smallest absolute Gasteiger partial charge is 0.248 e. The molecule has 0 aliphatic carbocycles. The Morgan fingerprint density at radius 2 is 1.91 bits per heavy atom. The van der Waals surface area contributed by atoms with Gasteiger partial charge in [0.2, 0.25) is 5.91 Å². The first-order chi connectivity index (χ1) is 15.6. The molecule has 0 radical (unpaired) electrons. The number of carbonyl (C=O) groups is 1. The highest BCUT2D eigenvalue weighted by Gasteiger charge is 2.15. The quantitative estimate of drug-likeness (QED) is 0.452. The van der Waals surface area contributed by atoms with Gasteiger partial charge in [-0.05, 0) is 67.8 Å². The molecule has 6 nitrogen and oxygen atoms in total. The summed E-state index contributed by atoms with van der Waals surface area (Å²) in [4.78, 5) is 16.6. The van der Waals surface area contributed by atoms with Crippen LogP contribution in [0.3, 0.4) is 0 Å². The van der Waals surface area contributed by atoms with Crippen LogP contribution in [-0.4, -0.2) is 30.2 Å². The lowest BCUT2D eigenvalue weighted by molar-refractivity contribution is -0.111. The maximum Gasteiger partial charge on any atom is 0.248 e. The largest absolute Gasteiger partial charge is 0.491 e. The first kappa shape index (κ1) is 22.0. The Hall–Kier alpha value is -3.16. The molecular formula is C25H26N2O4S. The third-order valence-electron chi connectivity index (χ3n) is 4.94. The summed E-state index contributed by atoms with van der Waals surface area (Å²) in [6, 6.07) is 14.9. The highest BCUT2D eigenvalue weighted by molar-refractivity contribution is 7.09. The predicted octanol–water partition coefficient (Wildman–Crippen LogP) is 5.24. The number of hydrogen-bond acceptors (Lipinski definition) is 6. The van der Waals surface area contributed by atoms with E-state index in [1.165, 1.54) is 6.08 Å². The van der Waals surface area contributed by atoms with Crippen LogP contribution in [0.25, 0.3) is 6.08 Å². The molecule has 1 aromatic heterocycles. The lowest BCUT2D eigenvalue weighted by atomic mass is 10.2. The van der Waals surface area contributed by atoms with Gasteiger partial charge in [0.05, 0.1) is 16.8 Å². The van der Waals surface area contributed by atoms with Crippen LogP contribution >= 0.6 is 11.3 Å². The van der Waals surface area contributed by atoms with E-state index in [1.54, 1.807) is 17.4 Å². The molecule has 32 heavy (non-hydrogen) atoms. The molecule has 1 fully saturated rings. The third kappa shape index (κ3) is 6.67. The van der Waals surface area contributed by atoms with E-state index in [2.05, 4.69) is 10.3 Å². The minimum Gasteiger partial charge on any atom is -0.491 e. The zero-order valence-corrected chi connectivity index (χ0v) is 18.8. The topological polar surface area (TPSA) is 69.7 Å². The average molecular weight is 451 g/mol. The summed E-state index contributed by atoms with van der Waals surface area (Å²) in [5.74, 6) is 1.33. The fraction of sp³-hybridized carbons (Fsp3) is 0.280. The number of anilines is 1. The van der Waals surface area contributed by atoms with Crippen LogP contribution in [-0.2, 0) is 16.1 Å². The Bertz CT molecular complexity index is 1040. The molecular weight excluding hydrogens is 424 g/mol. The van der Waals surface area contributed by atoms with Gasteiger partial charge in [-0.1, -0.05) is 12.1 Å². The molecule has 0 saturated carbocycles. The number of nitrogens with zero attached hydrogens (tertiary/aromatic N) is 1. The average Bonchev–Trinajstić information content (AvgIpc) is 3.48. The van der Waals surface area contributed by atoms with E-state index in [9.17, 15) is 4.79 Å². The number of ether oxygens (including phenoxy) is 3. The minimum absolute atomic E-state index is 0.183. The van der Waals surface area contributed by atoms with Crippen LogP contribution in [0.4, 0.5) is 5.69 Å². The van der Waals surface area contributed by atoms with Crippen LogP contribution in [0.1, 0.15) is 29.1 Å². The predicted molar refractivity (Wildman–Crippen MR) is 126 cm³/mol. The number of thiazole rings is 1. The molecule has 166 valence electrons. The number of amides is 1. The van der Waals surface area contributed by atoms with Gasteiger partial charge in [-0.25, -0.2) is 4.98 Å². The summed E-state index contributed by atoms with van der Waals surface area (Å²) >= 11 is 1.61. The maximum atomic E-state index is 12.2. The van der Waals surface area contributed by atoms with Gasteiger partial charge in [0.25, 0.3) is 0 Å². The molecule has 1 atom stereocenters. The second-order valence-corrected chi connectivity index (χ2v) is 8.57. The van der Waals surface area contributed by atoms with Crippen LogP contribution in [0.2, 0.25) is 0 Å². The van der Waals surface area contributed by atoms with Crippen LogP contribution < -0.4 is 14.8 Å². The normalized spacial score (nSPS) is 15.7. The van der Waals surface area contributed by atoms with Gasteiger partial charge in [0.15, 0.2) is 0 Å². The van der Waals surface area contributed by atoms with Gasteiger partial charge in [-0.15, -0.1) is 11.3 Å². The highest BCUT2D eigenvalue weighted by Crippen LogP contribution is 2.19. The SMILES string of the molecule is Cc1nc(COc2ccc(/C=C/C(=O)Nc3ccc(OCC4CCCO4)cc3)cc2)cs1. The van der Waals surface area contributed by atoms with Crippen molar-refractivity contribution in [3.8, 4) is 11.5 Å². The van der Waals surface area contributed by atoms with Gasteiger partial charge >= 0.3 is 0 Å². The molecule has 1 saturated heterocycles. The Labute approximate surface area is 191 Å². The first-order valence-electron chi connectivity index (χ1n) is 10.6. The fourth-order valence-electron chi connectivity index (χ4n) is 3.26. The lowest BCUT2D eigenvalue weighted by Gasteiger charge is -2.11. The van der Waals surface area contributed by atoms with Gasteiger partial charge in [0.1, 0.15) is 24.7 Å². The van der Waals surface area contributed by atoms with E-state index in [1.807, 2.05) is 60.8 Å². The fourth-order valence-corrected chi connectivity index (χ4v) is 3.86. The Balaban J connectivity index is 1.22. The highest BCUT2D eigenvalue weighted by atomic mass is 32.1. The van der Waals surface area contributed by atoms with Crippen LogP contribution in [0.5, 0.6) is 11.5 Å². The summed E-state index contributed by atoms with van der Waals surface area (Å²) < 4.78 is 17.0. The van der Waals surface area contributed by atoms with Gasteiger partial charge in [-0.3, -0.25) is 4.79 Å².